The number of nitrogens with one attached hydrogen (secondary N) is 2. The Kier molecular flexibility index (Phi) is 7.95. The van der Waals surface area contributed by atoms with Crippen LogP contribution in [0.5, 0.6) is 0 Å². The second-order valence-corrected chi connectivity index (χ2v) is 9.19. The second-order valence-electron chi connectivity index (χ2n) is 7.94. The molecular formula is C20H34N4O2S. The van der Waals surface area contributed by atoms with Gasteiger partial charge in [0.2, 0.25) is 0 Å². The number of rotatable bonds is 5. The van der Waals surface area contributed by atoms with Gasteiger partial charge in [-0.25, -0.2) is 4.79 Å². The highest BCUT2D eigenvalue weighted by Crippen LogP contribution is 2.19. The topological polar surface area (TPSA) is 66.0 Å². The molecular weight excluding hydrogens is 360 g/mol. The summed E-state index contributed by atoms with van der Waals surface area (Å²) in [5, 5.41) is 6.80. The minimum atomic E-state index is -0.436. The molecule has 1 aliphatic rings. The van der Waals surface area contributed by atoms with E-state index in [-0.39, 0.29) is 6.09 Å². The molecule has 2 rings (SSSR count). The summed E-state index contributed by atoms with van der Waals surface area (Å²) in [5.74, 6) is 1.37. The number of hydrogen-bond acceptors (Lipinski definition) is 4. The third-order valence-electron chi connectivity index (χ3n) is 4.54. The maximum Gasteiger partial charge on any atom is 0.410 e. The Hall–Kier alpha value is -1.76. The van der Waals surface area contributed by atoms with Gasteiger partial charge in [-0.1, -0.05) is 6.92 Å². The van der Waals surface area contributed by atoms with Crippen LogP contribution in [0.25, 0.3) is 0 Å². The number of guanidine groups is 1. The fourth-order valence-electron chi connectivity index (χ4n) is 2.99. The first-order valence-electron chi connectivity index (χ1n) is 9.80. The Morgan fingerprint density at radius 3 is 2.48 bits per heavy atom. The SMILES string of the molecule is CCc1ccc(CNC(=NC)NCC2CCN(C(=O)OC(C)(C)C)CC2)s1. The normalized spacial score (nSPS) is 16.3. The average molecular weight is 395 g/mol. The van der Waals surface area contributed by atoms with Crippen LogP contribution in [0.15, 0.2) is 17.1 Å². The standard InChI is InChI=1S/C20H34N4O2S/c1-6-16-7-8-17(27-16)14-23-18(21-5)22-13-15-9-11-24(12-10-15)19(25)26-20(2,3)4/h7-8,15H,6,9-14H2,1-5H3,(H2,21,22,23). The molecule has 0 radical (unpaired) electrons. The predicted octanol–water partition coefficient (Wildman–Crippen LogP) is 3.62. The van der Waals surface area contributed by atoms with Crippen molar-refractivity contribution in [2.75, 3.05) is 26.7 Å². The van der Waals surface area contributed by atoms with Gasteiger partial charge in [0, 0.05) is 36.4 Å². The van der Waals surface area contributed by atoms with E-state index in [1.54, 1.807) is 7.05 Å². The molecule has 0 unspecified atom stereocenters. The van der Waals surface area contributed by atoms with Gasteiger partial charge in [0.25, 0.3) is 0 Å². The van der Waals surface area contributed by atoms with Crippen molar-refractivity contribution in [1.29, 1.82) is 0 Å². The largest absolute Gasteiger partial charge is 0.444 e. The maximum absolute atomic E-state index is 12.1. The number of nitrogens with zero attached hydrogens (tertiary/aromatic N) is 2. The number of aryl methyl sites for hydroxylation is 1. The zero-order chi connectivity index (χ0) is 19.9. The lowest BCUT2D eigenvalue weighted by molar-refractivity contribution is 0.0185. The van der Waals surface area contributed by atoms with Crippen LogP contribution in [0.2, 0.25) is 0 Å². The van der Waals surface area contributed by atoms with Crippen LogP contribution in [-0.4, -0.2) is 49.2 Å². The monoisotopic (exact) mass is 394 g/mol. The fourth-order valence-corrected chi connectivity index (χ4v) is 3.88. The van der Waals surface area contributed by atoms with Crippen molar-refractivity contribution in [3.63, 3.8) is 0 Å². The molecule has 1 aliphatic heterocycles. The van der Waals surface area contributed by atoms with Gasteiger partial charge in [0.05, 0.1) is 6.54 Å². The van der Waals surface area contributed by atoms with Gasteiger partial charge in [-0.2, -0.15) is 0 Å². The average Bonchev–Trinajstić information content (AvgIpc) is 3.09. The number of amides is 1. The lowest BCUT2D eigenvalue weighted by atomic mass is 9.97. The molecule has 1 aromatic heterocycles. The molecule has 2 heterocycles. The lowest BCUT2D eigenvalue weighted by Gasteiger charge is -2.33. The van der Waals surface area contributed by atoms with Gasteiger partial charge < -0.3 is 20.3 Å². The Morgan fingerprint density at radius 1 is 1.26 bits per heavy atom. The summed E-state index contributed by atoms with van der Waals surface area (Å²) >= 11 is 1.84. The van der Waals surface area contributed by atoms with Crippen molar-refractivity contribution in [3.05, 3.63) is 21.9 Å². The highest BCUT2D eigenvalue weighted by Gasteiger charge is 2.26. The molecule has 0 bridgehead atoms. The van der Waals surface area contributed by atoms with E-state index in [1.807, 2.05) is 37.0 Å². The predicted molar refractivity (Wildman–Crippen MR) is 112 cm³/mol. The minimum absolute atomic E-state index is 0.200. The van der Waals surface area contributed by atoms with Gasteiger partial charge in [-0.15, -0.1) is 11.3 Å². The first-order chi connectivity index (χ1) is 12.8. The smallest absolute Gasteiger partial charge is 0.410 e. The Labute approximate surface area is 167 Å². The molecule has 7 heteroatoms. The highest BCUT2D eigenvalue weighted by atomic mass is 32.1. The molecule has 27 heavy (non-hydrogen) atoms. The third kappa shape index (κ3) is 7.40. The summed E-state index contributed by atoms with van der Waals surface area (Å²) in [7, 11) is 1.80. The quantitative estimate of drug-likeness (QED) is 0.591. The van der Waals surface area contributed by atoms with Gasteiger partial charge in [0.1, 0.15) is 5.60 Å². The number of aliphatic imine (C=N–C) groups is 1. The summed E-state index contributed by atoms with van der Waals surface area (Å²) in [5.41, 5.74) is -0.436. The molecule has 1 aromatic rings. The van der Waals surface area contributed by atoms with Crippen LogP contribution in [0, 0.1) is 5.92 Å². The van der Waals surface area contributed by atoms with Crippen molar-refractivity contribution in [2.24, 2.45) is 10.9 Å². The van der Waals surface area contributed by atoms with Crippen molar-refractivity contribution in [1.82, 2.24) is 15.5 Å². The fraction of sp³-hybridized carbons (Fsp3) is 0.700. The second kappa shape index (κ2) is 9.97. The van der Waals surface area contributed by atoms with Crippen molar-refractivity contribution >= 4 is 23.4 Å². The Morgan fingerprint density at radius 2 is 1.93 bits per heavy atom. The first-order valence-corrected chi connectivity index (χ1v) is 10.6. The van der Waals surface area contributed by atoms with E-state index in [2.05, 4.69) is 34.7 Å². The summed E-state index contributed by atoms with van der Waals surface area (Å²) in [6.45, 7) is 11.1. The molecule has 0 aromatic carbocycles. The summed E-state index contributed by atoms with van der Waals surface area (Å²) in [6, 6.07) is 4.37. The van der Waals surface area contributed by atoms with Crippen LogP contribution >= 0.6 is 11.3 Å². The molecule has 1 amide bonds. The van der Waals surface area contributed by atoms with Gasteiger partial charge in [0.15, 0.2) is 5.96 Å². The number of carbonyl (C=O) groups excluding carboxylic acids is 1. The van der Waals surface area contributed by atoms with E-state index in [9.17, 15) is 4.79 Å². The number of hydrogen-bond donors (Lipinski definition) is 2. The van der Waals surface area contributed by atoms with Crippen molar-refractivity contribution in [3.8, 4) is 0 Å². The van der Waals surface area contributed by atoms with E-state index in [1.165, 1.54) is 9.75 Å². The van der Waals surface area contributed by atoms with Crippen LogP contribution < -0.4 is 10.6 Å². The van der Waals surface area contributed by atoms with Crippen molar-refractivity contribution < 1.29 is 9.53 Å². The molecule has 6 nitrogen and oxygen atoms in total. The molecule has 152 valence electrons. The van der Waals surface area contributed by atoms with Gasteiger partial charge in [-0.05, 0) is 58.1 Å². The Bertz CT molecular complexity index is 628. The Balaban J connectivity index is 1.69. The number of likely N-dealkylation sites (tertiary alicyclic amines) is 1. The molecule has 0 aliphatic carbocycles. The zero-order valence-electron chi connectivity index (χ0n) is 17.3. The molecule has 2 N–H and O–H groups in total. The number of carbonyl (C=O) groups is 1. The van der Waals surface area contributed by atoms with Crippen LogP contribution in [-0.2, 0) is 17.7 Å². The summed E-state index contributed by atoms with van der Waals surface area (Å²) < 4.78 is 5.46. The third-order valence-corrected chi connectivity index (χ3v) is 5.77. The maximum atomic E-state index is 12.1. The van der Waals surface area contributed by atoms with E-state index in [0.717, 1.165) is 51.4 Å². The number of ether oxygens (including phenoxy) is 1. The van der Waals surface area contributed by atoms with Gasteiger partial charge >= 0.3 is 6.09 Å². The van der Waals surface area contributed by atoms with E-state index in [4.69, 9.17) is 4.74 Å². The lowest BCUT2D eigenvalue weighted by Crippen LogP contribution is -2.45. The minimum Gasteiger partial charge on any atom is -0.444 e. The van der Waals surface area contributed by atoms with E-state index < -0.39 is 5.60 Å². The molecule has 1 fully saturated rings. The van der Waals surface area contributed by atoms with Crippen LogP contribution in [0.4, 0.5) is 4.79 Å². The summed E-state index contributed by atoms with van der Waals surface area (Å²) in [4.78, 5) is 21.0. The van der Waals surface area contributed by atoms with Crippen LogP contribution in [0.3, 0.4) is 0 Å². The van der Waals surface area contributed by atoms with Gasteiger partial charge in [-0.3, -0.25) is 4.99 Å². The number of piperidine rings is 1. The molecule has 0 saturated carbocycles. The zero-order valence-corrected chi connectivity index (χ0v) is 18.1. The summed E-state index contributed by atoms with van der Waals surface area (Å²) in [6.07, 6.45) is 2.84. The highest BCUT2D eigenvalue weighted by molar-refractivity contribution is 7.11. The molecule has 0 spiro atoms. The molecule has 1 saturated heterocycles. The van der Waals surface area contributed by atoms with E-state index in [0.29, 0.717) is 5.92 Å². The molecule has 0 atom stereocenters. The number of thiophene rings is 1. The first kappa shape index (κ1) is 21.5. The van der Waals surface area contributed by atoms with Crippen molar-refractivity contribution in [2.45, 2.75) is 59.1 Å². The van der Waals surface area contributed by atoms with Crippen LogP contribution in [0.1, 0.15) is 50.3 Å². The van der Waals surface area contributed by atoms with E-state index >= 15 is 0 Å².